The molecule has 2 amide bonds. The van der Waals surface area contributed by atoms with Crippen molar-refractivity contribution in [1.82, 2.24) is 9.80 Å². The Bertz CT molecular complexity index is 862. The average molecular weight is 399 g/mol. The van der Waals surface area contributed by atoms with Crippen LogP contribution in [0.4, 0.5) is 14.9 Å². The summed E-state index contributed by atoms with van der Waals surface area (Å²) in [4.78, 5) is 27.9. The molecule has 148 valence electrons. The zero-order valence-electron chi connectivity index (χ0n) is 15.2. The number of halogens is 1. The topological polar surface area (TPSA) is 87.2 Å². The summed E-state index contributed by atoms with van der Waals surface area (Å²) in [7, 11) is -3.79. The molecule has 0 radical (unpaired) electrons. The quantitative estimate of drug-likeness (QED) is 0.738. The van der Waals surface area contributed by atoms with E-state index in [9.17, 15) is 22.4 Å². The zero-order valence-corrected chi connectivity index (χ0v) is 16.0. The monoisotopic (exact) mass is 399 g/mol. The van der Waals surface area contributed by atoms with E-state index in [0.717, 1.165) is 16.6 Å². The van der Waals surface area contributed by atoms with Gasteiger partial charge in [-0.05, 0) is 24.6 Å². The molecule has 1 aromatic rings. The smallest absolute Gasteiger partial charge is 0.410 e. The molecule has 0 N–H and O–H groups in total. The molecule has 2 saturated heterocycles. The van der Waals surface area contributed by atoms with Gasteiger partial charge in [0, 0.05) is 19.6 Å². The Kier molecular flexibility index (Phi) is 5.02. The zero-order chi connectivity index (χ0) is 19.8. The molecule has 3 rings (SSSR count). The molecular formula is C17H22FN3O5S. The minimum atomic E-state index is -3.79. The lowest BCUT2D eigenvalue weighted by atomic mass is 9.93. The molecule has 2 fully saturated rings. The van der Waals surface area contributed by atoms with Crippen molar-refractivity contribution in [2.24, 2.45) is 0 Å². The lowest BCUT2D eigenvalue weighted by molar-refractivity contribution is -0.133. The Morgan fingerprint density at radius 1 is 1.37 bits per heavy atom. The van der Waals surface area contributed by atoms with E-state index in [1.165, 1.54) is 18.2 Å². The predicted molar refractivity (Wildman–Crippen MR) is 96.2 cm³/mol. The van der Waals surface area contributed by atoms with Crippen LogP contribution in [0.1, 0.15) is 13.3 Å². The second-order valence-corrected chi connectivity index (χ2v) is 8.76. The number of amides is 2. The van der Waals surface area contributed by atoms with Gasteiger partial charge in [0.05, 0.1) is 17.5 Å². The maximum atomic E-state index is 13.5. The first kappa shape index (κ1) is 19.4. The third-order valence-electron chi connectivity index (χ3n) is 5.12. The number of ether oxygens (including phenoxy) is 1. The molecule has 1 atom stereocenters. The third kappa shape index (κ3) is 3.71. The number of hydrogen-bond donors (Lipinski definition) is 0. The van der Waals surface area contributed by atoms with Crippen molar-refractivity contribution in [2.75, 3.05) is 43.3 Å². The van der Waals surface area contributed by atoms with Gasteiger partial charge in [-0.1, -0.05) is 13.0 Å². The molecule has 2 heterocycles. The standard InChI is InChI=1S/C17H22FN3O5S/c1-3-17-11-19(7-8-20(17)16(23)26-12-17)15(22)10-21(27(2,24)25)14-6-4-5-13(18)9-14/h4-6,9H,3,7-8,10-12H2,1-2H3. The van der Waals surface area contributed by atoms with Crippen molar-refractivity contribution < 1.29 is 27.1 Å². The van der Waals surface area contributed by atoms with Gasteiger partial charge in [-0.25, -0.2) is 17.6 Å². The van der Waals surface area contributed by atoms with Crippen LogP contribution in [0.15, 0.2) is 24.3 Å². The van der Waals surface area contributed by atoms with Gasteiger partial charge in [-0.15, -0.1) is 0 Å². The van der Waals surface area contributed by atoms with Crippen LogP contribution >= 0.6 is 0 Å². The normalized spacial score (nSPS) is 22.4. The minimum Gasteiger partial charge on any atom is -0.447 e. The highest BCUT2D eigenvalue weighted by Gasteiger charge is 2.50. The molecule has 0 bridgehead atoms. The molecule has 0 aliphatic carbocycles. The fraction of sp³-hybridized carbons (Fsp3) is 0.529. The van der Waals surface area contributed by atoms with E-state index < -0.39 is 33.8 Å². The van der Waals surface area contributed by atoms with Crippen LogP contribution in [0.2, 0.25) is 0 Å². The first-order valence-electron chi connectivity index (χ1n) is 8.62. The van der Waals surface area contributed by atoms with Crippen LogP contribution in [0.5, 0.6) is 0 Å². The largest absolute Gasteiger partial charge is 0.447 e. The first-order valence-corrected chi connectivity index (χ1v) is 10.5. The van der Waals surface area contributed by atoms with E-state index in [1.54, 1.807) is 9.80 Å². The molecule has 0 saturated carbocycles. The molecule has 10 heteroatoms. The highest BCUT2D eigenvalue weighted by atomic mass is 32.2. The number of cyclic esters (lactones) is 1. The van der Waals surface area contributed by atoms with Gasteiger partial charge in [-0.3, -0.25) is 14.0 Å². The SMILES string of the molecule is CCC12COC(=O)N1CCN(C(=O)CN(c1cccc(F)c1)S(C)(=O)=O)C2. The summed E-state index contributed by atoms with van der Waals surface area (Å²) in [5.41, 5.74) is -0.492. The number of anilines is 1. The Morgan fingerprint density at radius 2 is 2.11 bits per heavy atom. The van der Waals surface area contributed by atoms with Crippen molar-refractivity contribution in [3.8, 4) is 0 Å². The number of benzene rings is 1. The summed E-state index contributed by atoms with van der Waals surface area (Å²) in [6.07, 6.45) is 1.20. The van der Waals surface area contributed by atoms with E-state index in [4.69, 9.17) is 4.74 Å². The number of piperazine rings is 1. The van der Waals surface area contributed by atoms with Crippen LogP contribution in [0, 0.1) is 5.82 Å². The van der Waals surface area contributed by atoms with Crippen LogP contribution in [0.25, 0.3) is 0 Å². The molecule has 2 aliphatic rings. The average Bonchev–Trinajstić information content (AvgIpc) is 2.95. The van der Waals surface area contributed by atoms with Crippen molar-refractivity contribution in [3.05, 3.63) is 30.1 Å². The number of carbonyl (C=O) groups is 2. The van der Waals surface area contributed by atoms with Crippen molar-refractivity contribution >= 4 is 27.7 Å². The first-order chi connectivity index (χ1) is 12.7. The lowest BCUT2D eigenvalue weighted by Gasteiger charge is -2.44. The number of rotatable bonds is 5. The lowest BCUT2D eigenvalue weighted by Crippen LogP contribution is -2.63. The number of sulfonamides is 1. The van der Waals surface area contributed by atoms with Crippen molar-refractivity contribution in [2.45, 2.75) is 18.9 Å². The second-order valence-electron chi connectivity index (χ2n) is 6.85. The van der Waals surface area contributed by atoms with E-state index >= 15 is 0 Å². The molecule has 1 unspecified atom stereocenters. The second kappa shape index (κ2) is 6.99. The van der Waals surface area contributed by atoms with E-state index in [1.807, 2.05) is 6.92 Å². The summed E-state index contributed by atoms with van der Waals surface area (Å²) < 4.78 is 43.9. The van der Waals surface area contributed by atoms with Crippen LogP contribution in [-0.2, 0) is 19.6 Å². The summed E-state index contributed by atoms with van der Waals surface area (Å²) in [6.45, 7) is 2.57. The van der Waals surface area contributed by atoms with Gasteiger partial charge in [-0.2, -0.15) is 0 Å². The fourth-order valence-electron chi connectivity index (χ4n) is 3.53. The number of fused-ring (bicyclic) bond motifs is 1. The van der Waals surface area contributed by atoms with Crippen LogP contribution < -0.4 is 4.31 Å². The van der Waals surface area contributed by atoms with E-state index in [0.29, 0.717) is 13.0 Å². The fourth-order valence-corrected chi connectivity index (χ4v) is 4.37. The van der Waals surface area contributed by atoms with Crippen LogP contribution in [-0.4, -0.2) is 74.8 Å². The molecule has 0 spiro atoms. The van der Waals surface area contributed by atoms with Gasteiger partial charge >= 0.3 is 6.09 Å². The van der Waals surface area contributed by atoms with Crippen molar-refractivity contribution in [1.29, 1.82) is 0 Å². The minimum absolute atomic E-state index is 0.0917. The number of nitrogens with zero attached hydrogens (tertiary/aromatic N) is 3. The maximum Gasteiger partial charge on any atom is 0.410 e. The third-order valence-corrected chi connectivity index (χ3v) is 6.26. The van der Waals surface area contributed by atoms with E-state index in [2.05, 4.69) is 0 Å². The van der Waals surface area contributed by atoms with Crippen LogP contribution in [0.3, 0.4) is 0 Å². The summed E-state index contributed by atoms with van der Waals surface area (Å²) in [5.74, 6) is -0.995. The molecule has 0 aromatic heterocycles. The Balaban J connectivity index is 1.80. The highest BCUT2D eigenvalue weighted by molar-refractivity contribution is 7.92. The predicted octanol–water partition coefficient (Wildman–Crippen LogP) is 1.03. The molecule has 1 aromatic carbocycles. The Morgan fingerprint density at radius 3 is 2.74 bits per heavy atom. The van der Waals surface area contributed by atoms with Gasteiger partial charge in [0.2, 0.25) is 15.9 Å². The summed E-state index contributed by atoms with van der Waals surface area (Å²) >= 11 is 0. The van der Waals surface area contributed by atoms with Gasteiger partial charge < -0.3 is 9.64 Å². The van der Waals surface area contributed by atoms with Gasteiger partial charge in [0.25, 0.3) is 0 Å². The maximum absolute atomic E-state index is 13.5. The summed E-state index contributed by atoms with van der Waals surface area (Å²) in [6, 6.07) is 5.10. The summed E-state index contributed by atoms with van der Waals surface area (Å²) in [5, 5.41) is 0. The molecule has 27 heavy (non-hydrogen) atoms. The van der Waals surface area contributed by atoms with Gasteiger partial charge in [0.1, 0.15) is 19.0 Å². The molecule has 8 nitrogen and oxygen atoms in total. The van der Waals surface area contributed by atoms with Crippen molar-refractivity contribution in [3.63, 3.8) is 0 Å². The highest BCUT2D eigenvalue weighted by Crippen LogP contribution is 2.32. The Hall–Kier alpha value is -2.36. The van der Waals surface area contributed by atoms with Gasteiger partial charge in [0.15, 0.2) is 0 Å². The van der Waals surface area contributed by atoms with E-state index in [-0.39, 0.29) is 31.5 Å². The number of carbonyl (C=O) groups excluding carboxylic acids is 2. The molecule has 2 aliphatic heterocycles. The molecular weight excluding hydrogens is 377 g/mol. The Labute approximate surface area is 157 Å². The number of hydrogen-bond acceptors (Lipinski definition) is 5.